The van der Waals surface area contributed by atoms with Gasteiger partial charge in [0.05, 0.1) is 11.4 Å². The molecule has 146 valence electrons. The fourth-order valence-electron chi connectivity index (χ4n) is 2.36. The van der Waals surface area contributed by atoms with Gasteiger partial charge < -0.3 is 5.32 Å². The van der Waals surface area contributed by atoms with E-state index in [1.54, 1.807) is 0 Å². The Hall–Kier alpha value is -1.96. The van der Waals surface area contributed by atoms with Crippen LogP contribution in [0.2, 0.25) is 5.02 Å². The number of hydrogen-bond donors (Lipinski definition) is 1. The molecule has 5 nitrogen and oxygen atoms in total. The van der Waals surface area contributed by atoms with Gasteiger partial charge in [-0.05, 0) is 55.3 Å². The van der Waals surface area contributed by atoms with Gasteiger partial charge in [0.2, 0.25) is 15.9 Å². The first-order valence-corrected chi connectivity index (χ1v) is 10.3. The van der Waals surface area contributed by atoms with Crippen LogP contribution in [-0.4, -0.2) is 31.2 Å². The Morgan fingerprint density at radius 2 is 1.74 bits per heavy atom. The molecule has 0 saturated heterocycles. The quantitative estimate of drug-likeness (QED) is 0.720. The number of nitrogens with one attached hydrogen (secondary N) is 1. The van der Waals surface area contributed by atoms with Crippen molar-refractivity contribution in [3.05, 3.63) is 64.9 Å². The van der Waals surface area contributed by atoms with Gasteiger partial charge >= 0.3 is 0 Å². The van der Waals surface area contributed by atoms with Crippen LogP contribution in [0.1, 0.15) is 25.8 Å². The lowest BCUT2D eigenvalue weighted by molar-refractivity contribution is -0.122. The van der Waals surface area contributed by atoms with Gasteiger partial charge in [-0.3, -0.25) is 4.79 Å². The van der Waals surface area contributed by atoms with Gasteiger partial charge in [0.25, 0.3) is 0 Å². The van der Waals surface area contributed by atoms with E-state index >= 15 is 0 Å². The van der Waals surface area contributed by atoms with E-state index in [4.69, 9.17) is 11.6 Å². The number of benzene rings is 2. The van der Waals surface area contributed by atoms with Crippen molar-refractivity contribution < 1.29 is 17.6 Å². The smallest absolute Gasteiger partial charge is 0.243 e. The van der Waals surface area contributed by atoms with Crippen molar-refractivity contribution in [2.24, 2.45) is 0 Å². The molecular weight excluding hydrogens is 391 g/mol. The van der Waals surface area contributed by atoms with Crippen molar-refractivity contribution in [2.75, 3.05) is 6.54 Å². The lowest BCUT2D eigenvalue weighted by Gasteiger charge is -2.23. The molecule has 0 aliphatic heterocycles. The summed E-state index contributed by atoms with van der Waals surface area (Å²) in [5, 5.41) is 3.17. The number of sulfonamides is 1. The summed E-state index contributed by atoms with van der Waals surface area (Å²) in [6.07, 6.45) is 0.730. The molecule has 0 bridgehead atoms. The minimum absolute atomic E-state index is 0.0327. The maximum absolute atomic E-state index is 13.1. The van der Waals surface area contributed by atoms with Crippen LogP contribution in [-0.2, 0) is 21.4 Å². The van der Waals surface area contributed by atoms with Gasteiger partial charge in [-0.15, -0.1) is 0 Å². The van der Waals surface area contributed by atoms with Crippen molar-refractivity contribution in [1.82, 2.24) is 9.62 Å². The number of nitrogens with zero attached hydrogens (tertiary/aromatic N) is 1. The van der Waals surface area contributed by atoms with Crippen LogP contribution in [0.4, 0.5) is 4.39 Å². The van der Waals surface area contributed by atoms with E-state index in [0.29, 0.717) is 10.6 Å². The van der Waals surface area contributed by atoms with Crippen molar-refractivity contribution in [3.63, 3.8) is 0 Å². The van der Waals surface area contributed by atoms with E-state index in [1.807, 2.05) is 13.8 Å². The van der Waals surface area contributed by atoms with Crippen LogP contribution >= 0.6 is 11.6 Å². The maximum atomic E-state index is 13.1. The monoisotopic (exact) mass is 412 g/mol. The van der Waals surface area contributed by atoms with Crippen LogP contribution in [0, 0.1) is 5.82 Å². The summed E-state index contributed by atoms with van der Waals surface area (Å²) < 4.78 is 40.3. The van der Waals surface area contributed by atoms with E-state index in [2.05, 4.69) is 5.32 Å². The van der Waals surface area contributed by atoms with Crippen molar-refractivity contribution >= 4 is 27.5 Å². The zero-order valence-electron chi connectivity index (χ0n) is 15.2. The number of carbonyl (C=O) groups excluding carboxylic acids is 1. The van der Waals surface area contributed by atoms with Crippen molar-refractivity contribution in [3.8, 4) is 0 Å². The molecule has 0 aliphatic rings. The van der Waals surface area contributed by atoms with E-state index < -0.39 is 21.7 Å². The van der Waals surface area contributed by atoms with Crippen LogP contribution < -0.4 is 5.32 Å². The van der Waals surface area contributed by atoms with Gasteiger partial charge in [-0.25, -0.2) is 12.8 Å². The Labute approximate surface area is 164 Å². The van der Waals surface area contributed by atoms with Gasteiger partial charge in [-0.1, -0.05) is 30.7 Å². The zero-order valence-corrected chi connectivity index (χ0v) is 16.7. The summed E-state index contributed by atoms with van der Waals surface area (Å²) >= 11 is 5.84. The van der Waals surface area contributed by atoms with Gasteiger partial charge in [-0.2, -0.15) is 4.31 Å². The number of amides is 1. The molecule has 0 fully saturated rings. The molecule has 1 N–H and O–H groups in total. The van der Waals surface area contributed by atoms with E-state index in [9.17, 15) is 17.6 Å². The number of hydrogen-bond acceptors (Lipinski definition) is 3. The molecule has 8 heteroatoms. The normalized spacial score (nSPS) is 12.8. The Morgan fingerprint density at radius 1 is 1.15 bits per heavy atom. The average molecular weight is 413 g/mol. The molecule has 0 aromatic heterocycles. The molecule has 1 amide bonds. The minimum atomic E-state index is -3.94. The second kappa shape index (κ2) is 9.30. The molecule has 2 rings (SSSR count). The molecule has 0 saturated carbocycles. The first-order chi connectivity index (χ1) is 12.7. The van der Waals surface area contributed by atoms with Crippen molar-refractivity contribution in [1.29, 1.82) is 0 Å². The number of rotatable bonds is 8. The van der Waals surface area contributed by atoms with Crippen LogP contribution in [0.15, 0.2) is 53.4 Å². The van der Waals surface area contributed by atoms with E-state index in [1.165, 1.54) is 48.5 Å². The molecule has 0 aliphatic carbocycles. The molecule has 1 atom stereocenters. The standard InChI is InChI=1S/C19H22ClFN2O3S/c1-3-14(2)22-19(24)13-23(12-15-4-8-17(21)9-5-15)27(25,26)18-10-6-16(20)7-11-18/h4-11,14H,3,12-13H2,1-2H3,(H,22,24)/t14-/m1/s1. The Bertz CT molecular complexity index is 871. The predicted molar refractivity (Wildman–Crippen MR) is 103 cm³/mol. The largest absolute Gasteiger partial charge is 0.353 e. The first-order valence-electron chi connectivity index (χ1n) is 8.52. The highest BCUT2D eigenvalue weighted by atomic mass is 35.5. The number of halogens is 2. The van der Waals surface area contributed by atoms with E-state index in [0.717, 1.165) is 10.7 Å². The third-order valence-corrected chi connectivity index (χ3v) is 6.12. The van der Waals surface area contributed by atoms with Gasteiger partial charge in [0.15, 0.2) is 0 Å². The highest BCUT2D eigenvalue weighted by molar-refractivity contribution is 7.89. The second-order valence-electron chi connectivity index (χ2n) is 6.23. The third kappa shape index (κ3) is 6.02. The summed E-state index contributed by atoms with van der Waals surface area (Å²) in [7, 11) is -3.94. The van der Waals surface area contributed by atoms with Gasteiger partial charge in [0.1, 0.15) is 5.82 Å². The molecule has 2 aromatic carbocycles. The van der Waals surface area contributed by atoms with E-state index in [-0.39, 0.29) is 24.0 Å². The minimum Gasteiger partial charge on any atom is -0.353 e. The fourth-order valence-corrected chi connectivity index (χ4v) is 3.87. The molecule has 0 radical (unpaired) electrons. The molecule has 27 heavy (non-hydrogen) atoms. The van der Waals surface area contributed by atoms with Crippen LogP contribution in [0.25, 0.3) is 0 Å². The molecule has 0 unspecified atom stereocenters. The number of carbonyl (C=O) groups is 1. The molecular formula is C19H22ClFN2O3S. The third-order valence-electron chi connectivity index (χ3n) is 4.06. The topological polar surface area (TPSA) is 66.5 Å². The zero-order chi connectivity index (χ0) is 20.0. The van der Waals surface area contributed by atoms with Crippen LogP contribution in [0.5, 0.6) is 0 Å². The lowest BCUT2D eigenvalue weighted by Crippen LogP contribution is -2.43. The van der Waals surface area contributed by atoms with Crippen LogP contribution in [0.3, 0.4) is 0 Å². The summed E-state index contributed by atoms with van der Waals surface area (Å²) in [4.78, 5) is 12.3. The summed E-state index contributed by atoms with van der Waals surface area (Å²) in [5.74, 6) is -0.815. The lowest BCUT2D eigenvalue weighted by atomic mass is 10.2. The predicted octanol–water partition coefficient (Wildman–Crippen LogP) is 3.58. The summed E-state index contributed by atoms with van der Waals surface area (Å²) in [5.41, 5.74) is 0.574. The molecule has 0 heterocycles. The summed E-state index contributed by atoms with van der Waals surface area (Å²) in [6, 6.07) is 11.2. The Kier molecular flexibility index (Phi) is 7.35. The summed E-state index contributed by atoms with van der Waals surface area (Å²) in [6.45, 7) is 3.37. The highest BCUT2D eigenvalue weighted by Gasteiger charge is 2.27. The average Bonchev–Trinajstić information content (AvgIpc) is 2.63. The first kappa shape index (κ1) is 21.3. The van der Waals surface area contributed by atoms with Gasteiger partial charge in [0, 0.05) is 17.6 Å². The maximum Gasteiger partial charge on any atom is 0.243 e. The highest BCUT2D eigenvalue weighted by Crippen LogP contribution is 2.20. The molecule has 2 aromatic rings. The molecule has 0 spiro atoms. The second-order valence-corrected chi connectivity index (χ2v) is 8.60. The fraction of sp³-hybridized carbons (Fsp3) is 0.316. The SMILES string of the molecule is CC[C@@H](C)NC(=O)CN(Cc1ccc(F)cc1)S(=O)(=O)c1ccc(Cl)cc1. The Balaban J connectivity index is 2.31. The Morgan fingerprint density at radius 3 is 2.30 bits per heavy atom. The van der Waals surface area contributed by atoms with Crippen molar-refractivity contribution in [2.45, 2.75) is 37.8 Å².